The summed E-state index contributed by atoms with van der Waals surface area (Å²) < 4.78 is 5.24. The fourth-order valence-corrected chi connectivity index (χ4v) is 2.33. The lowest BCUT2D eigenvalue weighted by atomic mass is 10.0. The summed E-state index contributed by atoms with van der Waals surface area (Å²) in [7, 11) is 1.66. The van der Waals surface area contributed by atoms with Crippen molar-refractivity contribution >= 4 is 10.9 Å². The van der Waals surface area contributed by atoms with Crippen molar-refractivity contribution in [3.05, 3.63) is 60.2 Å². The molecule has 0 aliphatic carbocycles. The first-order valence-corrected chi connectivity index (χ1v) is 6.55. The summed E-state index contributed by atoms with van der Waals surface area (Å²) >= 11 is 0. The molecule has 3 nitrogen and oxygen atoms in total. The number of aromatic nitrogens is 1. The zero-order valence-corrected chi connectivity index (χ0v) is 11.3. The van der Waals surface area contributed by atoms with E-state index in [1.807, 2.05) is 42.5 Å². The summed E-state index contributed by atoms with van der Waals surface area (Å²) in [6, 6.07) is 18.1. The predicted octanol–water partition coefficient (Wildman–Crippen LogP) is 3.37. The molecule has 0 fully saturated rings. The third-order valence-corrected chi connectivity index (χ3v) is 3.41. The Bertz CT molecular complexity index is 753. The number of methoxy groups -OCH3 is 1. The van der Waals surface area contributed by atoms with Gasteiger partial charge in [-0.2, -0.15) is 0 Å². The number of benzene rings is 2. The Morgan fingerprint density at radius 3 is 2.70 bits per heavy atom. The van der Waals surface area contributed by atoms with Gasteiger partial charge in [0.1, 0.15) is 5.75 Å². The highest BCUT2D eigenvalue weighted by atomic mass is 16.5. The van der Waals surface area contributed by atoms with Gasteiger partial charge in [0.25, 0.3) is 0 Å². The first-order chi connectivity index (χ1) is 9.81. The van der Waals surface area contributed by atoms with Crippen LogP contribution in [-0.2, 0) is 6.54 Å². The van der Waals surface area contributed by atoms with Gasteiger partial charge in [-0.1, -0.05) is 24.3 Å². The van der Waals surface area contributed by atoms with E-state index in [9.17, 15) is 0 Å². The lowest BCUT2D eigenvalue weighted by Crippen LogP contribution is -2.00. The molecule has 0 saturated heterocycles. The molecular weight excluding hydrogens is 248 g/mol. The van der Waals surface area contributed by atoms with Crippen LogP contribution in [0.2, 0.25) is 0 Å². The van der Waals surface area contributed by atoms with Crippen LogP contribution in [0.25, 0.3) is 22.2 Å². The average Bonchev–Trinajstić information content (AvgIpc) is 2.53. The molecular formula is C17H16N2O. The minimum absolute atomic E-state index is 0.459. The van der Waals surface area contributed by atoms with Gasteiger partial charge in [-0.25, -0.2) is 4.98 Å². The number of pyridine rings is 1. The van der Waals surface area contributed by atoms with E-state index in [-0.39, 0.29) is 0 Å². The van der Waals surface area contributed by atoms with E-state index >= 15 is 0 Å². The molecule has 0 aliphatic heterocycles. The zero-order valence-electron chi connectivity index (χ0n) is 11.3. The van der Waals surface area contributed by atoms with Crippen LogP contribution < -0.4 is 10.5 Å². The summed E-state index contributed by atoms with van der Waals surface area (Å²) in [5.41, 5.74) is 9.86. The first-order valence-electron chi connectivity index (χ1n) is 6.55. The van der Waals surface area contributed by atoms with Crippen molar-refractivity contribution in [1.82, 2.24) is 4.98 Å². The number of fused-ring (bicyclic) bond motifs is 1. The lowest BCUT2D eigenvalue weighted by Gasteiger charge is -2.10. The molecule has 1 aromatic heterocycles. The lowest BCUT2D eigenvalue weighted by molar-refractivity contribution is 0.414. The molecule has 0 radical (unpaired) electrons. The molecule has 0 atom stereocenters. The maximum atomic E-state index is 5.84. The van der Waals surface area contributed by atoms with Crippen molar-refractivity contribution in [1.29, 1.82) is 0 Å². The van der Waals surface area contributed by atoms with Crippen LogP contribution in [0.3, 0.4) is 0 Å². The number of rotatable bonds is 3. The Balaban J connectivity index is 2.14. The Hall–Kier alpha value is -2.39. The van der Waals surface area contributed by atoms with Crippen molar-refractivity contribution in [2.24, 2.45) is 5.73 Å². The fourth-order valence-electron chi connectivity index (χ4n) is 2.33. The molecule has 0 spiro atoms. The highest BCUT2D eigenvalue weighted by Crippen LogP contribution is 2.27. The van der Waals surface area contributed by atoms with E-state index < -0.39 is 0 Å². The number of hydrogen-bond acceptors (Lipinski definition) is 3. The molecule has 2 N–H and O–H groups in total. The highest BCUT2D eigenvalue weighted by Gasteiger charge is 2.07. The third kappa shape index (κ3) is 2.24. The van der Waals surface area contributed by atoms with Crippen LogP contribution in [0.5, 0.6) is 5.75 Å². The Labute approximate surface area is 118 Å². The number of nitrogens with two attached hydrogens (primary N) is 1. The summed E-state index contributed by atoms with van der Waals surface area (Å²) in [6.45, 7) is 0.459. The molecule has 0 bridgehead atoms. The molecule has 2 aromatic carbocycles. The third-order valence-electron chi connectivity index (χ3n) is 3.41. The van der Waals surface area contributed by atoms with Crippen molar-refractivity contribution < 1.29 is 4.74 Å². The van der Waals surface area contributed by atoms with E-state index in [0.717, 1.165) is 33.5 Å². The Morgan fingerprint density at radius 1 is 1.05 bits per heavy atom. The summed E-state index contributed by atoms with van der Waals surface area (Å²) in [4.78, 5) is 4.71. The van der Waals surface area contributed by atoms with E-state index in [1.54, 1.807) is 7.11 Å². The van der Waals surface area contributed by atoms with Gasteiger partial charge >= 0.3 is 0 Å². The van der Waals surface area contributed by atoms with E-state index in [0.29, 0.717) is 6.54 Å². The molecule has 0 aliphatic rings. The van der Waals surface area contributed by atoms with E-state index in [2.05, 4.69) is 12.1 Å². The number of para-hydroxylation sites is 1. The van der Waals surface area contributed by atoms with Crippen LogP contribution in [0.15, 0.2) is 54.6 Å². The molecule has 0 saturated carbocycles. The SMILES string of the molecule is COc1ccc(-c2ccc3ccccc3n2)c(CN)c1. The van der Waals surface area contributed by atoms with Gasteiger partial charge < -0.3 is 10.5 Å². The maximum Gasteiger partial charge on any atom is 0.119 e. The van der Waals surface area contributed by atoms with Crippen LogP contribution in [0, 0.1) is 0 Å². The van der Waals surface area contributed by atoms with Gasteiger partial charge in [-0.15, -0.1) is 0 Å². The van der Waals surface area contributed by atoms with Crippen molar-refractivity contribution in [2.45, 2.75) is 6.54 Å². The Morgan fingerprint density at radius 2 is 1.90 bits per heavy atom. The van der Waals surface area contributed by atoms with E-state index in [1.165, 1.54) is 0 Å². The minimum Gasteiger partial charge on any atom is -0.497 e. The van der Waals surface area contributed by atoms with E-state index in [4.69, 9.17) is 15.5 Å². The molecule has 20 heavy (non-hydrogen) atoms. The van der Waals surface area contributed by atoms with Crippen molar-refractivity contribution in [2.75, 3.05) is 7.11 Å². The van der Waals surface area contributed by atoms with Crippen LogP contribution in [0.4, 0.5) is 0 Å². The molecule has 0 amide bonds. The van der Waals surface area contributed by atoms with Gasteiger partial charge in [0.05, 0.1) is 18.3 Å². The monoisotopic (exact) mass is 264 g/mol. The van der Waals surface area contributed by atoms with Crippen molar-refractivity contribution in [3.8, 4) is 17.0 Å². The molecule has 100 valence electrons. The van der Waals surface area contributed by atoms with Crippen LogP contribution in [0.1, 0.15) is 5.56 Å². The summed E-state index contributed by atoms with van der Waals surface area (Å²) in [6.07, 6.45) is 0. The second kappa shape index (κ2) is 5.31. The largest absolute Gasteiger partial charge is 0.497 e. The highest BCUT2D eigenvalue weighted by molar-refractivity contribution is 5.82. The average molecular weight is 264 g/mol. The van der Waals surface area contributed by atoms with Crippen LogP contribution >= 0.6 is 0 Å². The quantitative estimate of drug-likeness (QED) is 0.789. The molecule has 0 unspecified atom stereocenters. The standard InChI is InChI=1S/C17H16N2O/c1-20-14-7-8-15(13(10-14)11-18)17-9-6-12-4-2-3-5-16(12)19-17/h2-10H,11,18H2,1H3. The number of hydrogen-bond donors (Lipinski definition) is 1. The van der Waals surface area contributed by atoms with Gasteiger partial charge in [-0.05, 0) is 35.9 Å². The Kier molecular flexibility index (Phi) is 3.35. The normalized spacial score (nSPS) is 10.7. The fraction of sp³-hybridized carbons (Fsp3) is 0.118. The smallest absolute Gasteiger partial charge is 0.119 e. The molecule has 3 rings (SSSR count). The van der Waals surface area contributed by atoms with Gasteiger partial charge in [0, 0.05) is 17.5 Å². The van der Waals surface area contributed by atoms with Crippen molar-refractivity contribution in [3.63, 3.8) is 0 Å². The second-order valence-electron chi connectivity index (χ2n) is 4.62. The zero-order chi connectivity index (χ0) is 13.9. The first kappa shape index (κ1) is 12.6. The van der Waals surface area contributed by atoms with Gasteiger partial charge in [-0.3, -0.25) is 0 Å². The molecule has 3 aromatic rings. The number of ether oxygens (including phenoxy) is 1. The molecule has 3 heteroatoms. The minimum atomic E-state index is 0.459. The number of nitrogens with zero attached hydrogens (tertiary/aromatic N) is 1. The summed E-state index contributed by atoms with van der Waals surface area (Å²) in [5.74, 6) is 0.815. The molecule has 1 heterocycles. The topological polar surface area (TPSA) is 48.1 Å². The predicted molar refractivity (Wildman–Crippen MR) is 81.6 cm³/mol. The van der Waals surface area contributed by atoms with Gasteiger partial charge in [0.2, 0.25) is 0 Å². The van der Waals surface area contributed by atoms with Gasteiger partial charge in [0.15, 0.2) is 0 Å². The maximum absolute atomic E-state index is 5.84. The summed E-state index contributed by atoms with van der Waals surface area (Å²) in [5, 5.41) is 1.14. The second-order valence-corrected chi connectivity index (χ2v) is 4.62. The van der Waals surface area contributed by atoms with Crippen LogP contribution in [-0.4, -0.2) is 12.1 Å².